The molecule has 0 fully saturated rings. The molecular formula is C41H69O10P. The number of phosphoric acid groups is 1. The fourth-order valence-electron chi connectivity index (χ4n) is 4.83. The van der Waals surface area contributed by atoms with Crippen LogP contribution in [-0.2, 0) is 28.2 Å². The van der Waals surface area contributed by atoms with Crippen molar-refractivity contribution in [1.29, 1.82) is 0 Å². The molecule has 2 unspecified atom stereocenters. The van der Waals surface area contributed by atoms with Crippen molar-refractivity contribution in [2.24, 2.45) is 0 Å². The Morgan fingerprint density at radius 3 is 1.54 bits per heavy atom. The lowest BCUT2D eigenvalue weighted by Crippen LogP contribution is -2.29. The van der Waals surface area contributed by atoms with Gasteiger partial charge < -0.3 is 29.5 Å². The largest absolute Gasteiger partial charge is 0.469 e. The molecule has 0 heterocycles. The highest BCUT2D eigenvalue weighted by atomic mass is 31.2. The molecule has 11 heteroatoms. The van der Waals surface area contributed by atoms with Crippen molar-refractivity contribution in [2.75, 3.05) is 13.2 Å². The molecule has 52 heavy (non-hydrogen) atoms. The van der Waals surface area contributed by atoms with Gasteiger partial charge in [0.05, 0.1) is 18.8 Å². The lowest BCUT2D eigenvalue weighted by atomic mass is 10.0. The van der Waals surface area contributed by atoms with Crippen molar-refractivity contribution in [3.63, 3.8) is 0 Å². The predicted octanol–water partition coefficient (Wildman–Crippen LogP) is 9.45. The average molecular weight is 753 g/mol. The van der Waals surface area contributed by atoms with Crippen LogP contribution in [0.15, 0.2) is 72.9 Å². The van der Waals surface area contributed by atoms with Gasteiger partial charge in [-0.05, 0) is 89.9 Å². The van der Waals surface area contributed by atoms with Crippen molar-refractivity contribution >= 4 is 19.8 Å². The summed E-state index contributed by atoms with van der Waals surface area (Å²) in [6.45, 7) is 3.32. The number of rotatable bonds is 34. The predicted molar refractivity (Wildman–Crippen MR) is 209 cm³/mol. The molecule has 4 N–H and O–H groups in total. The second kappa shape index (κ2) is 35.4. The van der Waals surface area contributed by atoms with Crippen LogP contribution in [0.2, 0.25) is 0 Å². The van der Waals surface area contributed by atoms with Crippen LogP contribution in [0.3, 0.4) is 0 Å². The van der Waals surface area contributed by atoms with E-state index in [1.165, 1.54) is 38.5 Å². The molecule has 0 saturated carbocycles. The number of esters is 2. The van der Waals surface area contributed by atoms with Gasteiger partial charge in [0, 0.05) is 12.8 Å². The maximum atomic E-state index is 12.4. The smallest absolute Gasteiger partial charge is 0.462 e. The summed E-state index contributed by atoms with van der Waals surface area (Å²) in [6.07, 6.45) is 38.0. The van der Waals surface area contributed by atoms with Crippen LogP contribution in [0, 0.1) is 0 Å². The highest BCUT2D eigenvalue weighted by Crippen LogP contribution is 2.36. The number of carbonyl (C=O) groups excluding carboxylic acids is 2. The van der Waals surface area contributed by atoms with Crippen LogP contribution >= 0.6 is 7.82 Å². The van der Waals surface area contributed by atoms with Crippen molar-refractivity contribution in [3.8, 4) is 0 Å². The van der Waals surface area contributed by atoms with Crippen LogP contribution < -0.4 is 0 Å². The van der Waals surface area contributed by atoms with Crippen molar-refractivity contribution in [3.05, 3.63) is 72.9 Å². The van der Waals surface area contributed by atoms with E-state index in [1.54, 1.807) is 0 Å². The van der Waals surface area contributed by atoms with Crippen molar-refractivity contribution < 1.29 is 48.2 Å². The molecule has 0 spiro atoms. The third-order valence-electron chi connectivity index (χ3n) is 7.90. The zero-order chi connectivity index (χ0) is 38.5. The van der Waals surface area contributed by atoms with Crippen LogP contribution in [-0.4, -0.2) is 63.5 Å². The minimum Gasteiger partial charge on any atom is -0.462 e. The highest BCUT2D eigenvalue weighted by Gasteiger charge is 2.23. The first-order valence-electron chi connectivity index (χ1n) is 19.4. The van der Waals surface area contributed by atoms with Gasteiger partial charge in [0.2, 0.25) is 0 Å². The molecule has 0 aliphatic rings. The Kier molecular flexibility index (Phi) is 33.7. The van der Waals surface area contributed by atoms with E-state index in [2.05, 4.69) is 79.1 Å². The van der Waals surface area contributed by atoms with Crippen LogP contribution in [0.25, 0.3) is 0 Å². The topological polar surface area (TPSA) is 160 Å². The molecule has 0 aromatic heterocycles. The average Bonchev–Trinajstić information content (AvgIpc) is 3.11. The third kappa shape index (κ3) is 35.8. The van der Waals surface area contributed by atoms with Gasteiger partial charge in [-0.25, -0.2) is 4.57 Å². The zero-order valence-corrected chi connectivity index (χ0v) is 32.8. The second-order valence-electron chi connectivity index (χ2n) is 12.9. The van der Waals surface area contributed by atoms with E-state index in [-0.39, 0.29) is 32.1 Å². The molecule has 0 rings (SSSR count). The number of allylic oxidation sites excluding steroid dienone is 11. The summed E-state index contributed by atoms with van der Waals surface area (Å²) in [6, 6.07) is 0. The van der Waals surface area contributed by atoms with Gasteiger partial charge in [-0.2, -0.15) is 0 Å². The van der Waals surface area contributed by atoms with Crippen molar-refractivity contribution in [2.45, 2.75) is 161 Å². The van der Waals surface area contributed by atoms with Crippen LogP contribution in [0.4, 0.5) is 0 Å². The molecule has 0 amide bonds. The standard InChI is InChI=1S/C41H69O10P/c1-3-5-7-9-11-13-15-17-18-19-21-23-25-27-29-33-41(45)51-37(36-50-52(46,47)48)35-49-40(44)34-30-32-39(43)38(42)31-28-26-24-22-20-16-14-12-10-8-6-4-2/h11-14,17-18,20-23,26,28,37-39,42-43H,3-10,15-16,19,24-25,27,29-36H2,1-2H3,(H2,46,47,48)/b13-11-,14-12-,18-17-,22-20-,23-21-,28-26-/t37-,38?,39?/m1/s1. The van der Waals surface area contributed by atoms with Gasteiger partial charge >= 0.3 is 19.8 Å². The molecule has 0 radical (unpaired) electrons. The van der Waals surface area contributed by atoms with E-state index < -0.39 is 51.3 Å². The Hall–Kier alpha value is -2.59. The number of unbranched alkanes of at least 4 members (excludes halogenated alkanes) is 8. The molecule has 298 valence electrons. The molecule has 0 aromatic rings. The summed E-state index contributed by atoms with van der Waals surface area (Å²) >= 11 is 0. The molecule has 3 atom stereocenters. The molecule has 0 aliphatic heterocycles. The molecule has 0 saturated heterocycles. The fourth-order valence-corrected chi connectivity index (χ4v) is 5.19. The fraction of sp³-hybridized carbons (Fsp3) is 0.659. The van der Waals surface area contributed by atoms with Crippen molar-refractivity contribution in [1.82, 2.24) is 0 Å². The first kappa shape index (κ1) is 49.4. The van der Waals surface area contributed by atoms with E-state index in [0.29, 0.717) is 6.42 Å². The van der Waals surface area contributed by atoms with E-state index in [9.17, 15) is 24.4 Å². The Labute approximate surface area is 314 Å². The Balaban J connectivity index is 4.30. The minimum atomic E-state index is -4.83. The lowest BCUT2D eigenvalue weighted by Gasteiger charge is -2.19. The number of carbonyl (C=O) groups is 2. The molecular weight excluding hydrogens is 683 g/mol. The number of phosphoric ester groups is 1. The van der Waals surface area contributed by atoms with E-state index in [0.717, 1.165) is 51.4 Å². The first-order valence-corrected chi connectivity index (χ1v) is 20.9. The minimum absolute atomic E-state index is 0.0586. The van der Waals surface area contributed by atoms with Gasteiger partial charge in [0.25, 0.3) is 0 Å². The summed E-state index contributed by atoms with van der Waals surface area (Å²) in [7, 11) is -4.83. The summed E-state index contributed by atoms with van der Waals surface area (Å²) < 4.78 is 26.1. The normalized spacial score (nSPS) is 14.5. The van der Waals surface area contributed by atoms with Crippen LogP contribution in [0.1, 0.15) is 142 Å². The zero-order valence-electron chi connectivity index (χ0n) is 31.9. The number of ether oxygens (including phenoxy) is 2. The summed E-state index contributed by atoms with van der Waals surface area (Å²) in [4.78, 5) is 42.8. The molecule has 0 aromatic carbocycles. The highest BCUT2D eigenvalue weighted by molar-refractivity contribution is 7.46. The Morgan fingerprint density at radius 2 is 1.04 bits per heavy atom. The summed E-state index contributed by atoms with van der Waals surface area (Å²) in [5, 5.41) is 20.5. The summed E-state index contributed by atoms with van der Waals surface area (Å²) in [5.74, 6) is -1.22. The number of aliphatic hydroxyl groups excluding tert-OH is 2. The maximum Gasteiger partial charge on any atom is 0.469 e. The van der Waals surface area contributed by atoms with Gasteiger partial charge in [-0.1, -0.05) is 112 Å². The Bertz CT molecular complexity index is 1100. The first-order chi connectivity index (χ1) is 25.1. The maximum absolute atomic E-state index is 12.4. The SMILES string of the molecule is CCCCC/C=C\C/C=C\C/C=C\CCCCC(=O)O[C@H](COC(=O)CCCC(O)C(O)C/C=C\C/C=C\C/C=C\CCCCC)COP(=O)(O)O. The Morgan fingerprint density at radius 1 is 0.577 bits per heavy atom. The van der Waals surface area contributed by atoms with Gasteiger partial charge in [-0.3, -0.25) is 14.1 Å². The van der Waals surface area contributed by atoms with Gasteiger partial charge in [0.1, 0.15) is 6.61 Å². The van der Waals surface area contributed by atoms with E-state index in [4.69, 9.17) is 19.3 Å². The van der Waals surface area contributed by atoms with E-state index >= 15 is 0 Å². The number of hydrogen-bond acceptors (Lipinski definition) is 8. The lowest BCUT2D eigenvalue weighted by molar-refractivity contribution is -0.161. The van der Waals surface area contributed by atoms with Crippen LogP contribution in [0.5, 0.6) is 0 Å². The van der Waals surface area contributed by atoms with Gasteiger partial charge in [-0.15, -0.1) is 0 Å². The monoisotopic (exact) mass is 752 g/mol. The molecule has 10 nitrogen and oxygen atoms in total. The third-order valence-corrected chi connectivity index (χ3v) is 8.38. The quantitative estimate of drug-likeness (QED) is 0.0216. The molecule has 0 aliphatic carbocycles. The molecule has 0 bridgehead atoms. The number of hydrogen-bond donors (Lipinski definition) is 4. The van der Waals surface area contributed by atoms with E-state index in [1.807, 2.05) is 12.2 Å². The number of aliphatic hydroxyl groups is 2. The summed E-state index contributed by atoms with van der Waals surface area (Å²) in [5.41, 5.74) is 0. The van der Waals surface area contributed by atoms with Gasteiger partial charge in [0.15, 0.2) is 6.10 Å². The second-order valence-corrected chi connectivity index (χ2v) is 14.1.